The van der Waals surface area contributed by atoms with E-state index < -0.39 is 5.60 Å². The maximum atomic E-state index is 12.4. The molecule has 2 N–H and O–H groups in total. The Hall–Kier alpha value is -1.36. The molecule has 118 valence electrons. The summed E-state index contributed by atoms with van der Waals surface area (Å²) in [5, 5.41) is 17.9. The number of hydrogen-bond acceptors (Lipinski definition) is 3. The van der Waals surface area contributed by atoms with Crippen LogP contribution in [0.5, 0.6) is 0 Å². The molecule has 0 saturated carbocycles. The van der Waals surface area contributed by atoms with Crippen LogP contribution in [0.4, 0.5) is 0 Å². The number of nitrogens with one attached hydrogen (secondary N) is 1. The first-order valence-electron chi connectivity index (χ1n) is 7.76. The SMILES string of the molecule is Cc1[nH]nc(CCC(=O)N2C[C@@H](C)[C@](O)(C(C)C)C2)c1C. The van der Waals surface area contributed by atoms with Crippen molar-refractivity contribution in [3.8, 4) is 0 Å². The van der Waals surface area contributed by atoms with Crippen LogP contribution >= 0.6 is 0 Å². The molecule has 0 aliphatic carbocycles. The topological polar surface area (TPSA) is 69.2 Å². The van der Waals surface area contributed by atoms with E-state index in [2.05, 4.69) is 10.2 Å². The molecule has 0 unspecified atom stereocenters. The van der Waals surface area contributed by atoms with Gasteiger partial charge in [0.25, 0.3) is 0 Å². The standard InChI is InChI=1S/C16H27N3O2/c1-10(2)16(21)9-19(8-11(16)3)15(20)7-6-14-12(4)13(5)17-18-14/h10-11,21H,6-9H2,1-5H3,(H,17,18)/t11-,16-/m1/s1. The van der Waals surface area contributed by atoms with Gasteiger partial charge in [-0.1, -0.05) is 20.8 Å². The fourth-order valence-corrected chi connectivity index (χ4v) is 3.12. The van der Waals surface area contributed by atoms with Gasteiger partial charge < -0.3 is 10.0 Å². The second-order valence-electron chi connectivity index (χ2n) is 6.74. The molecule has 21 heavy (non-hydrogen) atoms. The number of likely N-dealkylation sites (tertiary alicyclic amines) is 1. The Morgan fingerprint density at radius 2 is 2.19 bits per heavy atom. The van der Waals surface area contributed by atoms with Gasteiger partial charge in [-0.3, -0.25) is 9.89 Å². The lowest BCUT2D eigenvalue weighted by atomic mass is 9.82. The highest BCUT2D eigenvalue weighted by Crippen LogP contribution is 2.34. The van der Waals surface area contributed by atoms with Crippen LogP contribution in [0, 0.1) is 25.7 Å². The minimum absolute atomic E-state index is 0.110. The van der Waals surface area contributed by atoms with Crippen LogP contribution in [-0.4, -0.2) is 44.8 Å². The van der Waals surface area contributed by atoms with Gasteiger partial charge >= 0.3 is 0 Å². The van der Waals surface area contributed by atoms with Crippen molar-refractivity contribution in [3.05, 3.63) is 17.0 Å². The molecule has 0 radical (unpaired) electrons. The molecule has 0 aromatic carbocycles. The molecule has 1 aromatic rings. The van der Waals surface area contributed by atoms with Gasteiger partial charge in [0, 0.05) is 37.5 Å². The van der Waals surface area contributed by atoms with Gasteiger partial charge in [0.2, 0.25) is 5.91 Å². The van der Waals surface area contributed by atoms with E-state index in [1.54, 1.807) is 4.90 Å². The Labute approximate surface area is 126 Å². The molecule has 1 aromatic heterocycles. The van der Waals surface area contributed by atoms with Crippen LogP contribution in [-0.2, 0) is 11.2 Å². The van der Waals surface area contributed by atoms with Crippen molar-refractivity contribution < 1.29 is 9.90 Å². The molecular weight excluding hydrogens is 266 g/mol. The lowest BCUT2D eigenvalue weighted by Gasteiger charge is -2.31. The molecule has 0 bridgehead atoms. The summed E-state index contributed by atoms with van der Waals surface area (Å²) < 4.78 is 0. The largest absolute Gasteiger partial charge is 0.387 e. The van der Waals surface area contributed by atoms with E-state index in [-0.39, 0.29) is 17.7 Å². The highest BCUT2D eigenvalue weighted by Gasteiger charge is 2.46. The third-order valence-electron chi connectivity index (χ3n) is 5.07. The van der Waals surface area contributed by atoms with Crippen molar-refractivity contribution in [2.24, 2.45) is 11.8 Å². The van der Waals surface area contributed by atoms with Crippen LogP contribution in [0.1, 0.15) is 44.1 Å². The summed E-state index contributed by atoms with van der Waals surface area (Å²) in [4.78, 5) is 14.2. The molecule has 1 aliphatic heterocycles. The van der Waals surface area contributed by atoms with E-state index in [0.29, 0.717) is 25.9 Å². The van der Waals surface area contributed by atoms with Crippen molar-refractivity contribution in [3.63, 3.8) is 0 Å². The molecule has 2 rings (SSSR count). The lowest BCUT2D eigenvalue weighted by molar-refractivity contribution is -0.131. The summed E-state index contributed by atoms with van der Waals surface area (Å²) >= 11 is 0. The van der Waals surface area contributed by atoms with Crippen LogP contribution < -0.4 is 0 Å². The zero-order valence-corrected chi connectivity index (χ0v) is 13.7. The van der Waals surface area contributed by atoms with Gasteiger partial charge in [-0.05, 0) is 25.3 Å². The third kappa shape index (κ3) is 2.98. The lowest BCUT2D eigenvalue weighted by Crippen LogP contribution is -2.43. The molecule has 2 atom stereocenters. The molecule has 1 amide bonds. The molecule has 5 nitrogen and oxygen atoms in total. The number of carbonyl (C=O) groups excluding carboxylic acids is 1. The van der Waals surface area contributed by atoms with Crippen molar-refractivity contribution in [1.29, 1.82) is 0 Å². The number of aromatic amines is 1. The number of hydrogen-bond donors (Lipinski definition) is 2. The molecule has 5 heteroatoms. The van der Waals surface area contributed by atoms with Gasteiger partial charge in [0.15, 0.2) is 0 Å². The maximum absolute atomic E-state index is 12.4. The zero-order chi connectivity index (χ0) is 15.8. The summed E-state index contributed by atoms with van der Waals surface area (Å²) in [7, 11) is 0. The Bertz CT molecular complexity index is 524. The highest BCUT2D eigenvalue weighted by molar-refractivity contribution is 5.77. The molecule has 1 aliphatic rings. The highest BCUT2D eigenvalue weighted by atomic mass is 16.3. The van der Waals surface area contributed by atoms with Gasteiger partial charge in [0.1, 0.15) is 0 Å². The van der Waals surface area contributed by atoms with Gasteiger partial charge in [0.05, 0.1) is 11.3 Å². The second kappa shape index (κ2) is 5.79. The number of aliphatic hydroxyl groups is 1. The predicted octanol–water partition coefficient (Wildman–Crippen LogP) is 1.82. The van der Waals surface area contributed by atoms with Gasteiger partial charge in [-0.15, -0.1) is 0 Å². The van der Waals surface area contributed by atoms with Crippen molar-refractivity contribution >= 4 is 5.91 Å². The summed E-state index contributed by atoms with van der Waals surface area (Å²) in [5.41, 5.74) is 2.40. The van der Waals surface area contributed by atoms with Crippen molar-refractivity contribution in [2.75, 3.05) is 13.1 Å². The molecular formula is C16H27N3O2. The third-order valence-corrected chi connectivity index (χ3v) is 5.07. The van der Waals surface area contributed by atoms with Crippen LogP contribution in [0.25, 0.3) is 0 Å². The van der Waals surface area contributed by atoms with E-state index >= 15 is 0 Å². The average Bonchev–Trinajstić information content (AvgIpc) is 2.91. The molecule has 1 saturated heterocycles. The predicted molar refractivity (Wildman–Crippen MR) is 81.9 cm³/mol. The fraction of sp³-hybridized carbons (Fsp3) is 0.750. The summed E-state index contributed by atoms with van der Waals surface area (Å²) in [6.07, 6.45) is 1.10. The second-order valence-corrected chi connectivity index (χ2v) is 6.74. The molecule has 0 spiro atoms. The van der Waals surface area contributed by atoms with E-state index in [1.165, 1.54) is 0 Å². The summed E-state index contributed by atoms with van der Waals surface area (Å²) in [6, 6.07) is 0. The average molecular weight is 293 g/mol. The summed E-state index contributed by atoms with van der Waals surface area (Å²) in [6.45, 7) is 11.1. The smallest absolute Gasteiger partial charge is 0.223 e. The quantitative estimate of drug-likeness (QED) is 0.890. The zero-order valence-electron chi connectivity index (χ0n) is 13.7. The van der Waals surface area contributed by atoms with Crippen molar-refractivity contribution in [1.82, 2.24) is 15.1 Å². The Morgan fingerprint density at radius 3 is 2.67 bits per heavy atom. The number of nitrogens with zero attached hydrogens (tertiary/aromatic N) is 2. The molecule has 2 heterocycles. The van der Waals surface area contributed by atoms with Gasteiger partial charge in [-0.25, -0.2) is 0 Å². The summed E-state index contributed by atoms with van der Waals surface area (Å²) in [5.74, 6) is 0.385. The Balaban J connectivity index is 1.95. The first-order valence-corrected chi connectivity index (χ1v) is 7.76. The number of carbonyl (C=O) groups is 1. The van der Waals surface area contributed by atoms with Crippen LogP contribution in [0.3, 0.4) is 0 Å². The van der Waals surface area contributed by atoms with E-state index in [9.17, 15) is 9.90 Å². The monoisotopic (exact) mass is 293 g/mol. The van der Waals surface area contributed by atoms with E-state index in [0.717, 1.165) is 17.0 Å². The number of aryl methyl sites for hydroxylation is 2. The Kier molecular flexibility index (Phi) is 4.42. The minimum Gasteiger partial charge on any atom is -0.387 e. The first-order chi connectivity index (χ1) is 9.75. The number of H-pyrrole nitrogens is 1. The van der Waals surface area contributed by atoms with Crippen LogP contribution in [0.15, 0.2) is 0 Å². The molecule has 1 fully saturated rings. The van der Waals surface area contributed by atoms with Gasteiger partial charge in [-0.2, -0.15) is 5.10 Å². The van der Waals surface area contributed by atoms with Crippen LogP contribution in [0.2, 0.25) is 0 Å². The number of amides is 1. The van der Waals surface area contributed by atoms with E-state index in [4.69, 9.17) is 0 Å². The Morgan fingerprint density at radius 1 is 1.52 bits per heavy atom. The van der Waals surface area contributed by atoms with E-state index in [1.807, 2.05) is 34.6 Å². The fourth-order valence-electron chi connectivity index (χ4n) is 3.12. The number of aromatic nitrogens is 2. The number of β-amino-alcohol motifs (C(OH)–C–C–N with tert-alkyl or cyclic N) is 1. The maximum Gasteiger partial charge on any atom is 0.223 e. The van der Waals surface area contributed by atoms with Crippen molar-refractivity contribution in [2.45, 2.75) is 53.1 Å². The number of rotatable bonds is 4. The first kappa shape index (κ1) is 16.0. The normalized spacial score (nSPS) is 25.9. The minimum atomic E-state index is -0.755.